The van der Waals surface area contributed by atoms with Crippen molar-refractivity contribution in [3.8, 4) is 0 Å². The van der Waals surface area contributed by atoms with E-state index >= 15 is 0 Å². The molecule has 5 N–H and O–H groups in total. The molecule has 10 nitrogen and oxygen atoms in total. The normalized spacial score (nSPS) is 24.5. The molecule has 1 saturated carbocycles. The molecule has 34 heavy (non-hydrogen) atoms. The van der Waals surface area contributed by atoms with E-state index in [4.69, 9.17) is 16.0 Å². The summed E-state index contributed by atoms with van der Waals surface area (Å²) in [4.78, 5) is 44.4. The number of carboxylic acid groups (broad SMARTS) is 1. The second kappa shape index (κ2) is 10.2. The second-order valence-corrected chi connectivity index (χ2v) is 9.51. The molecule has 0 aromatic heterocycles. The monoisotopic (exact) mass is 469 g/mol. The maximum absolute atomic E-state index is 13.2. The highest BCUT2D eigenvalue weighted by Crippen LogP contribution is 2.34. The molecule has 0 spiro atoms. The van der Waals surface area contributed by atoms with Gasteiger partial charge in [0, 0.05) is 25.1 Å². The fourth-order valence-corrected chi connectivity index (χ4v) is 5.08. The Morgan fingerprint density at radius 1 is 1.15 bits per heavy atom. The third-order valence-electron chi connectivity index (χ3n) is 6.92. The topological polar surface area (TPSA) is 158 Å². The zero-order valence-electron chi connectivity index (χ0n) is 19.0. The van der Waals surface area contributed by atoms with Gasteiger partial charge in [0.25, 0.3) is 0 Å². The number of amidine groups is 1. The first-order valence-corrected chi connectivity index (χ1v) is 11.8. The van der Waals surface area contributed by atoms with Gasteiger partial charge < -0.3 is 25.9 Å². The Morgan fingerprint density at radius 2 is 1.76 bits per heavy atom. The van der Waals surface area contributed by atoms with Gasteiger partial charge in [-0.25, -0.2) is 0 Å². The van der Waals surface area contributed by atoms with Crippen molar-refractivity contribution in [3.63, 3.8) is 0 Å². The Kier molecular flexibility index (Phi) is 7.14. The number of rotatable bonds is 8. The maximum Gasteiger partial charge on any atom is 0.305 e. The van der Waals surface area contributed by atoms with Gasteiger partial charge in [-0.05, 0) is 43.1 Å². The number of hydrogen-bond donors (Lipinski definition) is 4. The molecule has 3 fully saturated rings. The van der Waals surface area contributed by atoms with Crippen molar-refractivity contribution in [2.75, 3.05) is 13.1 Å². The molecule has 1 aliphatic carbocycles. The maximum atomic E-state index is 13.2. The lowest BCUT2D eigenvalue weighted by atomic mass is 9.84. The number of carboxylic acids is 1. The highest BCUT2D eigenvalue weighted by Gasteiger charge is 2.36. The third kappa shape index (κ3) is 5.73. The Labute approximate surface area is 198 Å². The number of carbonyl (C=O) groups is 3. The van der Waals surface area contributed by atoms with Crippen molar-refractivity contribution in [1.29, 1.82) is 5.41 Å². The van der Waals surface area contributed by atoms with E-state index in [-0.39, 0.29) is 18.2 Å². The van der Waals surface area contributed by atoms with Crippen LogP contribution in [0.1, 0.15) is 56.1 Å². The van der Waals surface area contributed by atoms with Crippen LogP contribution < -0.4 is 11.1 Å². The molecular formula is C24H31N5O5. The summed E-state index contributed by atoms with van der Waals surface area (Å²) in [5.41, 5.74) is 7.56. The molecule has 2 atom stereocenters. The van der Waals surface area contributed by atoms with Crippen molar-refractivity contribution in [2.45, 2.75) is 57.1 Å². The van der Waals surface area contributed by atoms with Gasteiger partial charge in [0.05, 0.1) is 18.6 Å². The summed E-state index contributed by atoms with van der Waals surface area (Å²) in [5, 5.41) is 23.5. The smallest absolute Gasteiger partial charge is 0.305 e. The number of nitrogens with zero attached hydrogens (tertiary/aromatic N) is 2. The molecular weight excluding hydrogens is 438 g/mol. The third-order valence-corrected chi connectivity index (χ3v) is 6.92. The Hall–Kier alpha value is -3.43. The molecule has 3 heterocycles. The van der Waals surface area contributed by atoms with Crippen molar-refractivity contribution in [1.82, 2.24) is 10.2 Å². The number of nitrogen functional groups attached to an aromatic ring is 1. The predicted octanol–water partition coefficient (Wildman–Crippen LogP) is 1.46. The number of aliphatic carboxylic acids is 1. The average Bonchev–Trinajstić information content (AvgIpc) is 3.05. The predicted molar refractivity (Wildman–Crippen MR) is 124 cm³/mol. The van der Waals surface area contributed by atoms with Gasteiger partial charge in [0.1, 0.15) is 18.0 Å². The lowest BCUT2D eigenvalue weighted by Gasteiger charge is -2.27. The van der Waals surface area contributed by atoms with E-state index in [1.165, 1.54) is 0 Å². The van der Waals surface area contributed by atoms with Crippen LogP contribution in [0.15, 0.2) is 29.4 Å². The van der Waals surface area contributed by atoms with Crippen LogP contribution in [0.25, 0.3) is 0 Å². The molecule has 0 radical (unpaired) electrons. The summed E-state index contributed by atoms with van der Waals surface area (Å²) >= 11 is 0. The average molecular weight is 470 g/mol. The van der Waals surface area contributed by atoms with Gasteiger partial charge in [0.2, 0.25) is 11.8 Å². The number of nitrogens with two attached hydrogens (primary N) is 1. The van der Waals surface area contributed by atoms with Crippen LogP contribution in [0.5, 0.6) is 0 Å². The van der Waals surface area contributed by atoms with Crippen LogP contribution in [0, 0.1) is 17.2 Å². The van der Waals surface area contributed by atoms with Gasteiger partial charge >= 0.3 is 5.97 Å². The second-order valence-electron chi connectivity index (χ2n) is 9.51. The van der Waals surface area contributed by atoms with E-state index in [1.54, 1.807) is 29.2 Å². The number of oxime groups is 1. The molecule has 2 bridgehead atoms. The van der Waals surface area contributed by atoms with Crippen LogP contribution in [-0.4, -0.2) is 64.6 Å². The van der Waals surface area contributed by atoms with E-state index in [1.807, 2.05) is 0 Å². The minimum absolute atomic E-state index is 0.0241. The van der Waals surface area contributed by atoms with Crippen molar-refractivity contribution >= 4 is 29.3 Å². The van der Waals surface area contributed by atoms with E-state index in [0.717, 1.165) is 31.2 Å². The van der Waals surface area contributed by atoms with Gasteiger partial charge in [0.15, 0.2) is 0 Å². The molecule has 2 saturated heterocycles. The molecule has 5 rings (SSSR count). The molecule has 2 unspecified atom stereocenters. The Balaban J connectivity index is 1.33. The Bertz CT molecular complexity index is 970. The first kappa shape index (κ1) is 23.7. The lowest BCUT2D eigenvalue weighted by Crippen LogP contribution is -2.51. The molecule has 1 aromatic carbocycles. The number of amides is 2. The van der Waals surface area contributed by atoms with Gasteiger partial charge in [-0.2, -0.15) is 0 Å². The van der Waals surface area contributed by atoms with E-state index in [2.05, 4.69) is 10.5 Å². The number of nitrogens with one attached hydrogen (secondary N) is 2. The van der Waals surface area contributed by atoms with Crippen molar-refractivity contribution in [2.24, 2.45) is 22.7 Å². The van der Waals surface area contributed by atoms with Crippen LogP contribution in [0.4, 0.5) is 0 Å². The SMILES string of the molecule is N=C(N)c1ccc(C2=NOC(CC(=O)NC(CC(=O)O)C(=O)N3CC4CCC(CC4)C3)C2)cc1. The first-order valence-electron chi connectivity index (χ1n) is 11.8. The van der Waals surface area contributed by atoms with E-state index in [9.17, 15) is 19.5 Å². The summed E-state index contributed by atoms with van der Waals surface area (Å²) in [5.74, 6) is -1.00. The molecule has 10 heteroatoms. The summed E-state index contributed by atoms with van der Waals surface area (Å²) in [6.45, 7) is 1.26. The molecule has 4 aliphatic rings. The van der Waals surface area contributed by atoms with Crippen molar-refractivity contribution < 1.29 is 24.3 Å². The molecule has 1 aromatic rings. The van der Waals surface area contributed by atoms with Crippen LogP contribution in [0.2, 0.25) is 0 Å². The summed E-state index contributed by atoms with van der Waals surface area (Å²) < 4.78 is 0. The minimum atomic E-state index is -1.13. The van der Waals surface area contributed by atoms with Gasteiger partial charge in [-0.3, -0.25) is 19.8 Å². The molecule has 3 aliphatic heterocycles. The van der Waals surface area contributed by atoms with E-state index < -0.39 is 30.4 Å². The first-order chi connectivity index (χ1) is 16.3. The summed E-state index contributed by atoms with van der Waals surface area (Å²) in [7, 11) is 0. The fraction of sp³-hybridized carbons (Fsp3) is 0.542. The number of hydrogen-bond acceptors (Lipinski definition) is 6. The summed E-state index contributed by atoms with van der Waals surface area (Å²) in [6.07, 6.45) is 3.81. The largest absolute Gasteiger partial charge is 0.481 e. The molecule has 182 valence electrons. The standard InChI is InChI=1S/C24H31N5O5/c25-23(26)17-7-5-16(6-8-17)19-9-18(34-28-19)10-21(30)27-20(11-22(31)32)24(33)29-12-14-1-2-15(13-29)4-3-14/h5-8,14-15,18,20H,1-4,9-13H2,(H3,25,26)(H,27,30)(H,31,32). The number of carbonyl (C=O) groups excluding carboxylic acids is 2. The van der Waals surface area contributed by atoms with Crippen LogP contribution in [-0.2, 0) is 19.2 Å². The highest BCUT2D eigenvalue weighted by molar-refractivity contribution is 6.03. The van der Waals surface area contributed by atoms with Crippen LogP contribution >= 0.6 is 0 Å². The zero-order valence-corrected chi connectivity index (χ0v) is 19.0. The Morgan fingerprint density at radius 3 is 2.32 bits per heavy atom. The zero-order chi connectivity index (χ0) is 24.2. The summed E-state index contributed by atoms with van der Waals surface area (Å²) in [6, 6.07) is 5.92. The molecule has 2 amide bonds. The lowest BCUT2D eigenvalue weighted by molar-refractivity contribution is -0.144. The van der Waals surface area contributed by atoms with Crippen molar-refractivity contribution in [3.05, 3.63) is 35.4 Å². The number of fused-ring (bicyclic) bond motifs is 4. The minimum Gasteiger partial charge on any atom is -0.481 e. The quantitative estimate of drug-likeness (QED) is 0.333. The van der Waals surface area contributed by atoms with Gasteiger partial charge in [-0.1, -0.05) is 29.4 Å². The highest BCUT2D eigenvalue weighted by atomic mass is 16.6. The fourth-order valence-electron chi connectivity index (χ4n) is 5.08. The van der Waals surface area contributed by atoms with Crippen LogP contribution in [0.3, 0.4) is 0 Å². The number of benzene rings is 1. The van der Waals surface area contributed by atoms with E-state index in [0.29, 0.717) is 42.6 Å². The van der Waals surface area contributed by atoms with Gasteiger partial charge in [-0.15, -0.1) is 0 Å².